The highest BCUT2D eigenvalue weighted by Gasteiger charge is 2.36. The number of sulfonamides is 1. The average molecular weight is 683 g/mol. The van der Waals surface area contributed by atoms with E-state index in [1.165, 1.54) is 17.0 Å². The zero-order chi connectivity index (χ0) is 33.3. The Morgan fingerprint density at radius 1 is 0.826 bits per heavy atom. The van der Waals surface area contributed by atoms with Crippen LogP contribution in [0.15, 0.2) is 108 Å². The fourth-order valence-electron chi connectivity index (χ4n) is 4.96. The van der Waals surface area contributed by atoms with Crippen LogP contribution < -0.4 is 14.4 Å². The van der Waals surface area contributed by atoms with E-state index in [2.05, 4.69) is 5.32 Å². The van der Waals surface area contributed by atoms with Crippen LogP contribution in [0.1, 0.15) is 31.9 Å². The number of amides is 2. The molecule has 4 aromatic rings. The third-order valence-corrected chi connectivity index (χ3v) is 9.62. The predicted octanol–water partition coefficient (Wildman–Crippen LogP) is 6.75. The van der Waals surface area contributed by atoms with Gasteiger partial charge in [-0.3, -0.25) is 13.9 Å². The Kier molecular flexibility index (Phi) is 12.1. The smallest absolute Gasteiger partial charge is 0.264 e. The first-order valence-electron chi connectivity index (χ1n) is 14.9. The number of carbonyl (C=O) groups is 2. The molecule has 0 aromatic heterocycles. The van der Waals surface area contributed by atoms with Gasteiger partial charge in [-0.15, -0.1) is 0 Å². The van der Waals surface area contributed by atoms with Crippen LogP contribution in [0, 0.1) is 0 Å². The molecule has 0 saturated carbocycles. The number of anilines is 1. The largest absolute Gasteiger partial charge is 0.492 e. The number of para-hydroxylation sites is 2. The van der Waals surface area contributed by atoms with Gasteiger partial charge in [0.05, 0.1) is 17.2 Å². The van der Waals surface area contributed by atoms with E-state index in [0.29, 0.717) is 15.6 Å². The Balaban J connectivity index is 1.87. The number of nitrogens with one attached hydrogen (secondary N) is 1. The summed E-state index contributed by atoms with van der Waals surface area (Å²) >= 11 is 13.1. The number of halogens is 2. The van der Waals surface area contributed by atoms with Gasteiger partial charge in [-0.05, 0) is 62.7 Å². The maximum Gasteiger partial charge on any atom is 0.264 e. The first-order chi connectivity index (χ1) is 22.0. The Bertz CT molecular complexity index is 1720. The van der Waals surface area contributed by atoms with Gasteiger partial charge < -0.3 is 15.0 Å². The normalized spacial score (nSPS) is 12.0. The maximum atomic E-state index is 14.6. The molecule has 0 heterocycles. The van der Waals surface area contributed by atoms with Gasteiger partial charge in [0, 0.05) is 34.6 Å². The number of carbonyl (C=O) groups excluding carboxylic acids is 2. The van der Waals surface area contributed by atoms with Gasteiger partial charge in [0.15, 0.2) is 0 Å². The van der Waals surface area contributed by atoms with Crippen molar-refractivity contribution in [1.82, 2.24) is 10.2 Å². The van der Waals surface area contributed by atoms with Crippen molar-refractivity contribution in [3.05, 3.63) is 124 Å². The van der Waals surface area contributed by atoms with Gasteiger partial charge in [-0.1, -0.05) is 89.9 Å². The maximum absolute atomic E-state index is 14.6. The molecular weight excluding hydrogens is 645 g/mol. The molecule has 8 nitrogen and oxygen atoms in total. The second-order valence-corrected chi connectivity index (χ2v) is 13.5. The van der Waals surface area contributed by atoms with Gasteiger partial charge in [0.1, 0.15) is 18.3 Å². The Morgan fingerprint density at radius 2 is 1.41 bits per heavy atom. The predicted molar refractivity (Wildman–Crippen MR) is 183 cm³/mol. The van der Waals surface area contributed by atoms with Gasteiger partial charge in [0.2, 0.25) is 11.8 Å². The number of hydrogen-bond acceptors (Lipinski definition) is 5. The van der Waals surface area contributed by atoms with Crippen molar-refractivity contribution in [2.45, 2.75) is 50.7 Å². The minimum Gasteiger partial charge on any atom is -0.492 e. The lowest BCUT2D eigenvalue weighted by atomic mass is 10.0. The molecular formula is C35H37Cl2N3O5S. The van der Waals surface area contributed by atoms with Gasteiger partial charge in [0.25, 0.3) is 10.0 Å². The minimum absolute atomic E-state index is 0.00631. The topological polar surface area (TPSA) is 96.0 Å². The fraction of sp³-hybridized carbons (Fsp3) is 0.257. The quantitative estimate of drug-likeness (QED) is 0.159. The van der Waals surface area contributed by atoms with Crippen molar-refractivity contribution in [1.29, 1.82) is 0 Å². The zero-order valence-electron chi connectivity index (χ0n) is 25.9. The van der Waals surface area contributed by atoms with Gasteiger partial charge in [-0.2, -0.15) is 0 Å². The summed E-state index contributed by atoms with van der Waals surface area (Å²) in [4.78, 5) is 29.8. The van der Waals surface area contributed by atoms with Crippen LogP contribution in [0.3, 0.4) is 0 Å². The van der Waals surface area contributed by atoms with Crippen molar-refractivity contribution in [2.24, 2.45) is 0 Å². The molecule has 4 aromatic carbocycles. The third kappa shape index (κ3) is 8.60. The number of nitrogens with zero attached hydrogens (tertiary/aromatic N) is 2. The Morgan fingerprint density at radius 3 is 2.02 bits per heavy atom. The highest BCUT2D eigenvalue weighted by atomic mass is 35.5. The van der Waals surface area contributed by atoms with Crippen LogP contribution in [-0.2, 0) is 32.6 Å². The molecule has 0 fully saturated rings. The molecule has 1 N–H and O–H groups in total. The zero-order valence-corrected chi connectivity index (χ0v) is 28.2. The first kappa shape index (κ1) is 34.8. The summed E-state index contributed by atoms with van der Waals surface area (Å²) in [6.45, 7) is 4.93. The summed E-state index contributed by atoms with van der Waals surface area (Å²) in [5.41, 5.74) is 1.43. The molecule has 0 radical (unpaired) electrons. The average Bonchev–Trinajstić information content (AvgIpc) is 3.03. The minimum atomic E-state index is -4.28. The summed E-state index contributed by atoms with van der Waals surface area (Å²) in [6, 6.07) is 27.5. The van der Waals surface area contributed by atoms with E-state index in [1.807, 2.05) is 44.2 Å². The van der Waals surface area contributed by atoms with Crippen LogP contribution >= 0.6 is 23.2 Å². The van der Waals surface area contributed by atoms with E-state index in [9.17, 15) is 18.0 Å². The SMILES string of the molecule is CCOc1ccccc1N(CC(=O)N(Cc1c(Cl)cccc1Cl)C(Cc1ccccc1)C(=O)NC(C)C)S(=O)(=O)c1ccccc1. The highest BCUT2D eigenvalue weighted by Crippen LogP contribution is 2.33. The van der Waals surface area contributed by atoms with E-state index in [0.717, 1.165) is 9.87 Å². The Hall–Kier alpha value is -4.05. The molecule has 0 aliphatic heterocycles. The number of hydrogen-bond donors (Lipinski definition) is 1. The van der Waals surface area contributed by atoms with Crippen molar-refractivity contribution >= 4 is 50.7 Å². The van der Waals surface area contributed by atoms with Crippen LogP contribution in [0.4, 0.5) is 5.69 Å². The van der Waals surface area contributed by atoms with E-state index < -0.39 is 34.4 Å². The van der Waals surface area contributed by atoms with E-state index in [-0.39, 0.29) is 41.9 Å². The van der Waals surface area contributed by atoms with E-state index >= 15 is 0 Å². The monoisotopic (exact) mass is 681 g/mol. The van der Waals surface area contributed by atoms with Crippen LogP contribution in [0.5, 0.6) is 5.75 Å². The summed E-state index contributed by atoms with van der Waals surface area (Å²) in [5.74, 6) is -0.749. The number of ether oxygens (including phenoxy) is 1. The molecule has 11 heteroatoms. The summed E-state index contributed by atoms with van der Waals surface area (Å²) in [5, 5.41) is 3.55. The molecule has 0 saturated heterocycles. The van der Waals surface area contributed by atoms with Gasteiger partial charge >= 0.3 is 0 Å². The summed E-state index contributed by atoms with van der Waals surface area (Å²) in [7, 11) is -4.28. The molecule has 0 aliphatic carbocycles. The standard InChI is InChI=1S/C35H37Cl2N3O5S/c1-4-45-33-21-12-11-20-31(33)40(46(43,44)27-16-9-6-10-17-27)24-34(41)39(23-28-29(36)18-13-19-30(28)37)32(35(42)38-25(2)3)22-26-14-7-5-8-15-26/h5-21,25,32H,4,22-24H2,1-3H3,(H,38,42). The van der Waals surface area contributed by atoms with E-state index in [1.54, 1.807) is 67.6 Å². The summed E-state index contributed by atoms with van der Waals surface area (Å²) in [6.07, 6.45) is 0.161. The second kappa shape index (κ2) is 16.0. The molecule has 242 valence electrons. The fourth-order valence-corrected chi connectivity index (χ4v) is 6.92. The molecule has 2 amide bonds. The lowest BCUT2D eigenvalue weighted by molar-refractivity contribution is -0.140. The summed E-state index contributed by atoms with van der Waals surface area (Å²) < 4.78 is 35.3. The van der Waals surface area contributed by atoms with Crippen molar-refractivity contribution in [3.63, 3.8) is 0 Å². The molecule has 1 unspecified atom stereocenters. The molecule has 4 rings (SSSR count). The van der Waals surface area contributed by atoms with E-state index in [4.69, 9.17) is 27.9 Å². The second-order valence-electron chi connectivity index (χ2n) is 10.8. The molecule has 1 atom stereocenters. The first-order valence-corrected chi connectivity index (χ1v) is 17.1. The lowest BCUT2D eigenvalue weighted by Crippen LogP contribution is -2.54. The molecule has 0 bridgehead atoms. The number of rotatable bonds is 14. The third-order valence-electron chi connectivity index (χ3n) is 7.14. The lowest BCUT2D eigenvalue weighted by Gasteiger charge is -2.34. The van der Waals surface area contributed by atoms with Crippen molar-refractivity contribution < 1.29 is 22.7 Å². The highest BCUT2D eigenvalue weighted by molar-refractivity contribution is 7.92. The van der Waals surface area contributed by atoms with Crippen LogP contribution in [0.2, 0.25) is 10.0 Å². The molecule has 0 spiro atoms. The Labute approximate surface area is 280 Å². The molecule has 46 heavy (non-hydrogen) atoms. The van der Waals surface area contributed by atoms with Crippen molar-refractivity contribution in [3.8, 4) is 5.75 Å². The number of benzene rings is 4. The van der Waals surface area contributed by atoms with Crippen LogP contribution in [0.25, 0.3) is 0 Å². The van der Waals surface area contributed by atoms with Crippen molar-refractivity contribution in [2.75, 3.05) is 17.5 Å². The van der Waals surface area contributed by atoms with Crippen LogP contribution in [-0.4, -0.2) is 50.4 Å². The molecule has 0 aliphatic rings. The van der Waals surface area contributed by atoms with Gasteiger partial charge in [-0.25, -0.2) is 8.42 Å².